The Bertz CT molecular complexity index is 1150. The quantitative estimate of drug-likeness (QED) is 0.682. The largest absolute Gasteiger partial charge is 0.352 e. The van der Waals surface area contributed by atoms with Crippen molar-refractivity contribution in [2.45, 2.75) is 24.7 Å². The van der Waals surface area contributed by atoms with Crippen molar-refractivity contribution >= 4 is 26.8 Å². The summed E-state index contributed by atoms with van der Waals surface area (Å²) in [7, 11) is -3.45. The zero-order chi connectivity index (χ0) is 21.1. The molecule has 1 aliphatic heterocycles. The Morgan fingerprint density at radius 1 is 1.07 bits per heavy atom. The number of sulfonamides is 1. The molecule has 4 rings (SSSR count). The third-order valence-corrected chi connectivity index (χ3v) is 7.58. The van der Waals surface area contributed by atoms with Crippen molar-refractivity contribution in [3.8, 4) is 0 Å². The van der Waals surface area contributed by atoms with Crippen LogP contribution in [-0.2, 0) is 10.0 Å². The number of nitrogens with one attached hydrogen (secondary N) is 1. The molecule has 6 nitrogen and oxygen atoms in total. The molecule has 1 fully saturated rings. The Balaban J connectivity index is 1.35. The topological polar surface area (TPSA) is 79.4 Å². The number of hydrogen-bond acceptors (Lipinski definition) is 4. The second-order valence-corrected chi connectivity index (χ2v) is 9.62. The molecule has 0 spiro atoms. The molecule has 0 unspecified atom stereocenters. The van der Waals surface area contributed by atoms with Crippen LogP contribution in [0.25, 0.3) is 10.9 Å². The highest BCUT2D eigenvalue weighted by atomic mass is 32.2. The van der Waals surface area contributed by atoms with Gasteiger partial charge in [-0.15, -0.1) is 0 Å². The Kier molecular flexibility index (Phi) is 5.83. The summed E-state index contributed by atoms with van der Waals surface area (Å²) in [6.07, 6.45) is 1.45. The van der Waals surface area contributed by atoms with E-state index in [9.17, 15) is 13.2 Å². The highest BCUT2D eigenvalue weighted by molar-refractivity contribution is 7.89. The van der Waals surface area contributed by atoms with E-state index in [1.807, 2.05) is 37.3 Å². The molecule has 1 saturated heterocycles. The normalized spacial score (nSPS) is 15.9. The minimum Gasteiger partial charge on any atom is -0.352 e. The molecule has 1 N–H and O–H groups in total. The molecule has 3 aromatic rings. The maximum absolute atomic E-state index is 12.7. The highest BCUT2D eigenvalue weighted by Gasteiger charge is 2.29. The van der Waals surface area contributed by atoms with Crippen LogP contribution in [0.5, 0.6) is 0 Å². The molecule has 1 amide bonds. The predicted octanol–water partition coefficient (Wildman–Crippen LogP) is 3.37. The van der Waals surface area contributed by atoms with Gasteiger partial charge in [-0.3, -0.25) is 9.78 Å². The number of amides is 1. The number of benzene rings is 2. The zero-order valence-corrected chi connectivity index (χ0v) is 17.7. The summed E-state index contributed by atoms with van der Waals surface area (Å²) in [5.41, 5.74) is 2.16. The first kappa shape index (κ1) is 20.5. The molecule has 7 heteroatoms. The van der Waals surface area contributed by atoms with E-state index in [1.54, 1.807) is 30.3 Å². The Hall–Kier alpha value is -2.77. The fourth-order valence-electron chi connectivity index (χ4n) is 3.87. The molecular formula is C23H25N3O3S. The Morgan fingerprint density at radius 3 is 2.47 bits per heavy atom. The van der Waals surface area contributed by atoms with E-state index in [-0.39, 0.29) is 11.8 Å². The number of carbonyl (C=O) groups excluding carboxylic acids is 1. The van der Waals surface area contributed by atoms with E-state index >= 15 is 0 Å². The number of carbonyl (C=O) groups is 1. The van der Waals surface area contributed by atoms with Gasteiger partial charge in [-0.05, 0) is 49.9 Å². The van der Waals surface area contributed by atoms with Crippen molar-refractivity contribution < 1.29 is 13.2 Å². The lowest BCUT2D eigenvalue weighted by Crippen LogP contribution is -2.41. The monoisotopic (exact) mass is 423 g/mol. The Morgan fingerprint density at radius 2 is 1.73 bits per heavy atom. The van der Waals surface area contributed by atoms with Crippen LogP contribution in [-0.4, -0.2) is 43.2 Å². The first-order valence-electron chi connectivity index (χ1n) is 10.1. The average molecular weight is 424 g/mol. The van der Waals surface area contributed by atoms with Crippen molar-refractivity contribution in [2.75, 3.05) is 19.6 Å². The van der Waals surface area contributed by atoms with Crippen LogP contribution in [0.15, 0.2) is 65.6 Å². The van der Waals surface area contributed by atoms with Crippen LogP contribution in [0.2, 0.25) is 0 Å². The number of pyridine rings is 1. The maximum atomic E-state index is 12.7. The molecule has 0 radical (unpaired) electrons. The van der Waals surface area contributed by atoms with Gasteiger partial charge in [-0.1, -0.05) is 36.4 Å². The van der Waals surface area contributed by atoms with E-state index in [0.29, 0.717) is 35.8 Å². The Labute approximate surface area is 177 Å². The van der Waals surface area contributed by atoms with Gasteiger partial charge in [0.2, 0.25) is 10.0 Å². The van der Waals surface area contributed by atoms with Crippen molar-refractivity contribution in [1.29, 1.82) is 0 Å². The minimum absolute atomic E-state index is 0.134. The standard InChI is InChI=1S/C23H25N3O3S/c1-17-21(15-19-7-5-6-10-22(19)25-17)23(27)24-16-18-11-13-26(14-12-18)30(28,29)20-8-3-2-4-9-20/h2-10,15,18H,11-14,16H2,1H3,(H,24,27). The van der Waals surface area contributed by atoms with Crippen LogP contribution >= 0.6 is 0 Å². The number of nitrogens with zero attached hydrogens (tertiary/aromatic N) is 2. The fraction of sp³-hybridized carbons (Fsp3) is 0.304. The van der Waals surface area contributed by atoms with E-state index in [4.69, 9.17) is 0 Å². The van der Waals surface area contributed by atoms with Crippen LogP contribution in [0.1, 0.15) is 28.9 Å². The van der Waals surface area contributed by atoms with Crippen LogP contribution in [0, 0.1) is 12.8 Å². The van der Waals surface area contributed by atoms with E-state index in [0.717, 1.165) is 23.7 Å². The summed E-state index contributed by atoms with van der Waals surface area (Å²) < 4.78 is 27.0. The summed E-state index contributed by atoms with van der Waals surface area (Å²) in [4.78, 5) is 17.6. The molecule has 156 valence electrons. The van der Waals surface area contributed by atoms with Crippen LogP contribution < -0.4 is 5.32 Å². The molecule has 2 heterocycles. The average Bonchev–Trinajstić information content (AvgIpc) is 2.78. The first-order chi connectivity index (χ1) is 14.4. The van der Waals surface area contributed by atoms with Gasteiger partial charge in [0.1, 0.15) is 0 Å². The van der Waals surface area contributed by atoms with Gasteiger partial charge >= 0.3 is 0 Å². The van der Waals surface area contributed by atoms with Gasteiger partial charge in [0, 0.05) is 25.0 Å². The van der Waals surface area contributed by atoms with Gasteiger partial charge in [-0.2, -0.15) is 4.31 Å². The molecule has 2 aromatic carbocycles. The summed E-state index contributed by atoms with van der Waals surface area (Å²) in [6.45, 7) is 3.31. The molecule has 1 aromatic heterocycles. The molecule has 1 aliphatic rings. The first-order valence-corrected chi connectivity index (χ1v) is 11.6. The number of aryl methyl sites for hydroxylation is 1. The smallest absolute Gasteiger partial charge is 0.253 e. The second-order valence-electron chi connectivity index (χ2n) is 7.68. The van der Waals surface area contributed by atoms with Crippen molar-refractivity contribution in [3.05, 3.63) is 71.9 Å². The predicted molar refractivity (Wildman–Crippen MR) is 117 cm³/mol. The fourth-order valence-corrected chi connectivity index (χ4v) is 5.36. The van der Waals surface area contributed by atoms with E-state index in [2.05, 4.69) is 10.3 Å². The van der Waals surface area contributed by atoms with Crippen LogP contribution in [0.4, 0.5) is 0 Å². The number of rotatable bonds is 5. The van der Waals surface area contributed by atoms with Gasteiger partial charge in [0.25, 0.3) is 5.91 Å². The summed E-state index contributed by atoms with van der Waals surface area (Å²) >= 11 is 0. The number of fused-ring (bicyclic) bond motifs is 1. The zero-order valence-electron chi connectivity index (χ0n) is 16.9. The van der Waals surface area contributed by atoms with Gasteiger partial charge in [0.15, 0.2) is 0 Å². The summed E-state index contributed by atoms with van der Waals surface area (Å²) in [6, 6.07) is 18.1. The number of piperidine rings is 1. The maximum Gasteiger partial charge on any atom is 0.253 e. The highest BCUT2D eigenvalue weighted by Crippen LogP contribution is 2.23. The van der Waals surface area contributed by atoms with Gasteiger partial charge in [0.05, 0.1) is 21.7 Å². The third-order valence-electron chi connectivity index (χ3n) is 5.66. The minimum atomic E-state index is -3.45. The lowest BCUT2D eigenvalue weighted by atomic mass is 9.98. The molecule has 30 heavy (non-hydrogen) atoms. The van der Waals surface area contributed by atoms with E-state index < -0.39 is 10.0 Å². The third kappa shape index (κ3) is 4.22. The van der Waals surface area contributed by atoms with Gasteiger partial charge in [-0.25, -0.2) is 8.42 Å². The second kappa shape index (κ2) is 8.53. The van der Waals surface area contributed by atoms with Gasteiger partial charge < -0.3 is 5.32 Å². The molecule has 0 bridgehead atoms. The summed E-state index contributed by atoms with van der Waals surface area (Å²) in [5.74, 6) is 0.120. The number of hydrogen-bond donors (Lipinski definition) is 1. The van der Waals surface area contributed by atoms with Crippen molar-refractivity contribution in [2.24, 2.45) is 5.92 Å². The molecular weight excluding hydrogens is 398 g/mol. The number of aromatic nitrogens is 1. The lowest BCUT2D eigenvalue weighted by Gasteiger charge is -2.31. The van der Waals surface area contributed by atoms with E-state index in [1.165, 1.54) is 4.31 Å². The summed E-state index contributed by atoms with van der Waals surface area (Å²) in [5, 5.41) is 3.95. The molecule has 0 atom stereocenters. The number of para-hydroxylation sites is 1. The SMILES string of the molecule is Cc1nc2ccccc2cc1C(=O)NCC1CCN(S(=O)(=O)c2ccccc2)CC1. The van der Waals surface area contributed by atoms with Crippen molar-refractivity contribution in [3.63, 3.8) is 0 Å². The van der Waals surface area contributed by atoms with Crippen LogP contribution in [0.3, 0.4) is 0 Å². The van der Waals surface area contributed by atoms with Crippen molar-refractivity contribution in [1.82, 2.24) is 14.6 Å². The lowest BCUT2D eigenvalue weighted by molar-refractivity contribution is 0.0940. The molecule has 0 saturated carbocycles. The molecule has 0 aliphatic carbocycles.